The Morgan fingerprint density at radius 3 is 2.43 bits per heavy atom. The summed E-state index contributed by atoms with van der Waals surface area (Å²) in [6.45, 7) is 1.16. The fourth-order valence-corrected chi connectivity index (χ4v) is 3.70. The SMILES string of the molecule is COc1cc(CNCC(O)c2ccccc2)cc(Cl)c1OCc1ccc(Cl)cc1Cl. The highest BCUT2D eigenvalue weighted by molar-refractivity contribution is 6.35. The smallest absolute Gasteiger partial charge is 0.180 e. The molecule has 3 aromatic carbocycles. The topological polar surface area (TPSA) is 50.7 Å². The number of hydrogen-bond acceptors (Lipinski definition) is 4. The normalized spacial score (nSPS) is 11.9. The highest BCUT2D eigenvalue weighted by atomic mass is 35.5. The highest BCUT2D eigenvalue weighted by Crippen LogP contribution is 2.37. The molecule has 0 aliphatic carbocycles. The second-order valence-electron chi connectivity index (χ2n) is 6.69. The molecule has 4 nitrogen and oxygen atoms in total. The van der Waals surface area contributed by atoms with E-state index in [1.807, 2.05) is 42.5 Å². The van der Waals surface area contributed by atoms with Crippen LogP contribution in [0, 0.1) is 0 Å². The summed E-state index contributed by atoms with van der Waals surface area (Å²) in [5.74, 6) is 0.964. The maximum atomic E-state index is 10.3. The molecule has 3 aromatic rings. The van der Waals surface area contributed by atoms with Crippen molar-refractivity contribution in [3.63, 3.8) is 0 Å². The van der Waals surface area contributed by atoms with Crippen LogP contribution in [0.25, 0.3) is 0 Å². The van der Waals surface area contributed by atoms with Crippen LogP contribution in [0.4, 0.5) is 0 Å². The van der Waals surface area contributed by atoms with Crippen LogP contribution in [0.5, 0.6) is 11.5 Å². The number of benzene rings is 3. The van der Waals surface area contributed by atoms with Crippen LogP contribution >= 0.6 is 34.8 Å². The zero-order valence-electron chi connectivity index (χ0n) is 16.4. The third-order valence-corrected chi connectivity index (χ3v) is 5.40. The van der Waals surface area contributed by atoms with Crippen LogP contribution in [-0.2, 0) is 13.2 Å². The van der Waals surface area contributed by atoms with Crippen LogP contribution in [0.3, 0.4) is 0 Å². The minimum atomic E-state index is -0.588. The number of nitrogens with one attached hydrogen (secondary N) is 1. The van der Waals surface area contributed by atoms with Gasteiger partial charge in [0.1, 0.15) is 6.61 Å². The lowest BCUT2D eigenvalue weighted by Gasteiger charge is -2.16. The van der Waals surface area contributed by atoms with Gasteiger partial charge in [-0.3, -0.25) is 0 Å². The van der Waals surface area contributed by atoms with Crippen molar-refractivity contribution in [1.82, 2.24) is 5.32 Å². The Hall–Kier alpha value is -1.95. The standard InChI is InChI=1S/C23H22Cl3NO3/c1-29-22-10-15(12-27-13-21(28)16-5-3-2-4-6-16)9-20(26)23(22)30-14-17-7-8-18(24)11-19(17)25/h2-11,21,27-28H,12-14H2,1H3. The average Bonchev–Trinajstić information content (AvgIpc) is 2.74. The lowest BCUT2D eigenvalue weighted by molar-refractivity contribution is 0.174. The van der Waals surface area contributed by atoms with Gasteiger partial charge >= 0.3 is 0 Å². The van der Waals surface area contributed by atoms with Crippen molar-refractivity contribution in [3.8, 4) is 11.5 Å². The van der Waals surface area contributed by atoms with Crippen molar-refractivity contribution in [2.24, 2.45) is 0 Å². The third kappa shape index (κ3) is 6.03. The highest BCUT2D eigenvalue weighted by Gasteiger charge is 2.14. The van der Waals surface area contributed by atoms with Gasteiger partial charge in [0.15, 0.2) is 11.5 Å². The van der Waals surface area contributed by atoms with Gasteiger partial charge in [0, 0.05) is 28.7 Å². The maximum Gasteiger partial charge on any atom is 0.180 e. The van der Waals surface area contributed by atoms with Crippen molar-refractivity contribution in [3.05, 3.63) is 92.4 Å². The first kappa shape index (κ1) is 22.7. The second-order valence-corrected chi connectivity index (χ2v) is 7.94. The number of methoxy groups -OCH3 is 1. The average molecular weight is 467 g/mol. The van der Waals surface area contributed by atoms with Crippen LogP contribution < -0.4 is 14.8 Å². The molecule has 1 atom stereocenters. The number of hydrogen-bond donors (Lipinski definition) is 2. The molecule has 0 amide bonds. The molecule has 30 heavy (non-hydrogen) atoms. The zero-order chi connectivity index (χ0) is 21.5. The molecule has 0 saturated carbocycles. The maximum absolute atomic E-state index is 10.3. The van der Waals surface area contributed by atoms with Gasteiger partial charge in [-0.05, 0) is 35.4 Å². The molecule has 0 heterocycles. The first-order chi connectivity index (χ1) is 14.5. The van der Waals surface area contributed by atoms with E-state index in [0.29, 0.717) is 39.7 Å². The van der Waals surface area contributed by atoms with Gasteiger partial charge in [0.05, 0.1) is 18.2 Å². The number of rotatable bonds is 9. The third-order valence-electron chi connectivity index (χ3n) is 4.53. The molecule has 1 unspecified atom stereocenters. The van der Waals surface area contributed by atoms with Crippen molar-refractivity contribution in [2.45, 2.75) is 19.3 Å². The molecule has 0 saturated heterocycles. The van der Waals surface area contributed by atoms with Crippen molar-refractivity contribution in [1.29, 1.82) is 0 Å². The Labute approximate surface area is 191 Å². The summed E-state index contributed by atoms with van der Waals surface area (Å²) in [7, 11) is 1.56. The van der Waals surface area contributed by atoms with Gasteiger partial charge in [0.2, 0.25) is 0 Å². The summed E-state index contributed by atoms with van der Waals surface area (Å²) < 4.78 is 11.3. The van der Waals surface area contributed by atoms with Gasteiger partial charge in [-0.1, -0.05) is 71.2 Å². The molecule has 0 aromatic heterocycles. The lowest BCUT2D eigenvalue weighted by Crippen LogP contribution is -2.21. The summed E-state index contributed by atoms with van der Waals surface area (Å²) >= 11 is 18.6. The molecule has 2 N–H and O–H groups in total. The minimum Gasteiger partial charge on any atom is -0.493 e. The van der Waals surface area contributed by atoms with Gasteiger partial charge in [0.25, 0.3) is 0 Å². The molecule has 0 fully saturated rings. The van der Waals surface area contributed by atoms with E-state index in [0.717, 1.165) is 16.7 Å². The van der Waals surface area contributed by atoms with Crippen molar-refractivity contribution in [2.75, 3.05) is 13.7 Å². The Kier molecular flexibility index (Phi) is 8.25. The van der Waals surface area contributed by atoms with E-state index in [4.69, 9.17) is 44.3 Å². The first-order valence-corrected chi connectivity index (χ1v) is 10.5. The van der Waals surface area contributed by atoms with E-state index in [-0.39, 0.29) is 6.61 Å². The number of aliphatic hydroxyl groups excluding tert-OH is 1. The molecule has 0 bridgehead atoms. The van der Waals surface area contributed by atoms with Crippen LogP contribution in [0.15, 0.2) is 60.7 Å². The molecule has 7 heteroatoms. The van der Waals surface area contributed by atoms with Gasteiger partial charge in [-0.25, -0.2) is 0 Å². The molecule has 0 aliphatic rings. The molecule has 0 radical (unpaired) electrons. The monoisotopic (exact) mass is 465 g/mol. The lowest BCUT2D eigenvalue weighted by atomic mass is 10.1. The van der Waals surface area contributed by atoms with E-state index in [2.05, 4.69) is 5.32 Å². The van der Waals surface area contributed by atoms with E-state index < -0.39 is 6.10 Å². The number of ether oxygens (including phenoxy) is 2. The predicted octanol–water partition coefficient (Wildman–Crippen LogP) is 6.06. The molecule has 3 rings (SSSR count). The van der Waals surface area contributed by atoms with E-state index >= 15 is 0 Å². The van der Waals surface area contributed by atoms with Crippen molar-refractivity contribution < 1.29 is 14.6 Å². The molecule has 0 aliphatic heterocycles. The van der Waals surface area contributed by atoms with E-state index in [1.165, 1.54) is 0 Å². The van der Waals surface area contributed by atoms with Gasteiger partial charge < -0.3 is 19.9 Å². The number of aliphatic hydroxyl groups is 1. The van der Waals surface area contributed by atoms with Crippen molar-refractivity contribution >= 4 is 34.8 Å². The summed E-state index contributed by atoms with van der Waals surface area (Å²) in [6, 6.07) is 18.4. The van der Waals surface area contributed by atoms with E-state index in [1.54, 1.807) is 25.3 Å². The zero-order valence-corrected chi connectivity index (χ0v) is 18.6. The minimum absolute atomic E-state index is 0.229. The Balaban J connectivity index is 1.63. The Morgan fingerprint density at radius 2 is 1.73 bits per heavy atom. The van der Waals surface area contributed by atoms with Crippen LogP contribution in [0.1, 0.15) is 22.8 Å². The Morgan fingerprint density at radius 1 is 0.967 bits per heavy atom. The number of halogens is 3. The van der Waals surface area contributed by atoms with Gasteiger partial charge in [-0.2, -0.15) is 0 Å². The Bertz CT molecular complexity index is 983. The molecular weight excluding hydrogens is 445 g/mol. The first-order valence-electron chi connectivity index (χ1n) is 9.34. The van der Waals surface area contributed by atoms with Gasteiger partial charge in [-0.15, -0.1) is 0 Å². The summed E-state index contributed by atoms with van der Waals surface area (Å²) in [6.07, 6.45) is -0.588. The van der Waals surface area contributed by atoms with E-state index in [9.17, 15) is 5.11 Å². The molecule has 0 spiro atoms. The largest absolute Gasteiger partial charge is 0.493 e. The van der Waals surface area contributed by atoms with Crippen LogP contribution in [-0.4, -0.2) is 18.8 Å². The summed E-state index contributed by atoms with van der Waals surface area (Å²) in [5.41, 5.74) is 2.57. The fraction of sp³-hybridized carbons (Fsp3) is 0.217. The molecular formula is C23H22Cl3NO3. The summed E-state index contributed by atoms with van der Waals surface area (Å²) in [4.78, 5) is 0. The second kappa shape index (κ2) is 10.9. The molecule has 158 valence electrons. The predicted molar refractivity (Wildman–Crippen MR) is 122 cm³/mol. The fourth-order valence-electron chi connectivity index (χ4n) is 2.95. The van der Waals surface area contributed by atoms with Crippen LogP contribution in [0.2, 0.25) is 15.1 Å². The quantitative estimate of drug-likeness (QED) is 0.402. The summed E-state index contributed by atoms with van der Waals surface area (Å²) in [5, 5.41) is 15.0.